The van der Waals surface area contributed by atoms with Gasteiger partial charge < -0.3 is 9.47 Å². The highest BCUT2D eigenvalue weighted by Gasteiger charge is 2.18. The van der Waals surface area contributed by atoms with E-state index in [2.05, 4.69) is 5.73 Å². The average Bonchev–Trinajstić information content (AvgIpc) is 2.29. The Balaban J connectivity index is 1.84. The summed E-state index contributed by atoms with van der Waals surface area (Å²) < 4.78 is 10.4. The minimum atomic E-state index is 0.399. The Morgan fingerprint density at radius 2 is 2.60 bits per heavy atom. The van der Waals surface area contributed by atoms with Crippen LogP contribution in [0.4, 0.5) is 0 Å². The zero-order chi connectivity index (χ0) is 6.81. The summed E-state index contributed by atoms with van der Waals surface area (Å²) in [5.41, 5.74) is 2.96. The smallest absolute Gasteiger partial charge is 0.152 e. The van der Waals surface area contributed by atoms with Crippen molar-refractivity contribution in [2.75, 3.05) is 6.61 Å². The Bertz CT molecular complexity index is 183. The minimum absolute atomic E-state index is 0.399. The van der Waals surface area contributed by atoms with Crippen LogP contribution in [-0.4, -0.2) is 12.7 Å². The van der Waals surface area contributed by atoms with Gasteiger partial charge in [0.05, 0.1) is 6.10 Å². The van der Waals surface area contributed by atoms with Crippen molar-refractivity contribution in [1.82, 2.24) is 0 Å². The van der Waals surface area contributed by atoms with E-state index < -0.39 is 0 Å². The summed E-state index contributed by atoms with van der Waals surface area (Å²) in [6.45, 7) is 0.918. The van der Waals surface area contributed by atoms with Crippen LogP contribution in [0.1, 0.15) is 19.3 Å². The molecule has 0 bridgehead atoms. The molecule has 1 unspecified atom stereocenters. The largest absolute Gasteiger partial charge is 0.453 e. The Morgan fingerprint density at radius 1 is 1.70 bits per heavy atom. The molecular weight excluding hydrogens is 128 g/mol. The van der Waals surface area contributed by atoms with E-state index in [0.717, 1.165) is 18.8 Å². The number of ether oxygens (including phenoxy) is 2. The van der Waals surface area contributed by atoms with Gasteiger partial charge >= 0.3 is 0 Å². The Hall–Kier alpha value is -0.720. The fraction of sp³-hybridized carbons (Fsp3) is 0.625. The van der Waals surface area contributed by atoms with E-state index in [-0.39, 0.29) is 0 Å². The molecular formula is C8H10O2. The molecule has 1 fully saturated rings. The molecule has 0 saturated carbocycles. The molecule has 2 rings (SSSR count). The summed E-state index contributed by atoms with van der Waals surface area (Å²) in [5, 5.41) is 0. The maximum Gasteiger partial charge on any atom is 0.152 e. The average molecular weight is 138 g/mol. The Kier molecular flexibility index (Phi) is 1.50. The van der Waals surface area contributed by atoms with Crippen LogP contribution < -0.4 is 0 Å². The van der Waals surface area contributed by atoms with Crippen molar-refractivity contribution >= 4 is 0 Å². The van der Waals surface area contributed by atoms with E-state index in [1.807, 2.05) is 0 Å². The molecule has 0 radical (unpaired) electrons. The summed E-state index contributed by atoms with van der Waals surface area (Å²) in [5.74, 6) is 0.951. The molecule has 2 aliphatic rings. The standard InChI is InChI=1S/C8H10O2/c1-2-7(9-4-1)6-8-3-5-10-8/h5,7H,1-2,4,6H2. The first kappa shape index (κ1) is 6.02. The van der Waals surface area contributed by atoms with Crippen LogP contribution in [0.25, 0.3) is 0 Å². The van der Waals surface area contributed by atoms with Crippen LogP contribution in [0.2, 0.25) is 0 Å². The van der Waals surface area contributed by atoms with Crippen LogP contribution in [0.15, 0.2) is 17.8 Å². The lowest BCUT2D eigenvalue weighted by atomic mass is 10.1. The first-order valence-electron chi connectivity index (χ1n) is 3.67. The predicted molar refractivity (Wildman–Crippen MR) is 36.3 cm³/mol. The van der Waals surface area contributed by atoms with Gasteiger partial charge in [-0.05, 0) is 18.6 Å². The molecule has 1 saturated heterocycles. The lowest BCUT2D eigenvalue weighted by molar-refractivity contribution is 0.0979. The fourth-order valence-corrected chi connectivity index (χ4v) is 1.26. The summed E-state index contributed by atoms with van der Waals surface area (Å²) >= 11 is 0. The normalized spacial score (nSPS) is 29.2. The molecule has 0 amide bonds. The van der Waals surface area contributed by atoms with Gasteiger partial charge in [-0.1, -0.05) is 0 Å². The van der Waals surface area contributed by atoms with Gasteiger partial charge in [-0.3, -0.25) is 0 Å². The quantitative estimate of drug-likeness (QED) is 0.539. The van der Waals surface area contributed by atoms with E-state index in [9.17, 15) is 0 Å². The van der Waals surface area contributed by atoms with Crippen LogP contribution in [0.3, 0.4) is 0 Å². The second-order valence-electron chi connectivity index (χ2n) is 2.64. The zero-order valence-electron chi connectivity index (χ0n) is 5.80. The lowest BCUT2D eigenvalue weighted by Crippen LogP contribution is -2.08. The molecule has 2 aliphatic heterocycles. The van der Waals surface area contributed by atoms with Crippen molar-refractivity contribution in [3.05, 3.63) is 17.8 Å². The SMILES string of the molecule is C1=COC=1CC1CCCO1. The van der Waals surface area contributed by atoms with Crippen molar-refractivity contribution in [2.24, 2.45) is 0 Å². The molecule has 1 atom stereocenters. The fourth-order valence-electron chi connectivity index (χ4n) is 1.26. The van der Waals surface area contributed by atoms with E-state index in [0.29, 0.717) is 6.10 Å². The molecule has 10 heavy (non-hydrogen) atoms. The van der Waals surface area contributed by atoms with Gasteiger partial charge in [0.25, 0.3) is 0 Å². The van der Waals surface area contributed by atoms with Crippen molar-refractivity contribution in [2.45, 2.75) is 25.4 Å². The first-order valence-corrected chi connectivity index (χ1v) is 3.67. The summed E-state index contributed by atoms with van der Waals surface area (Å²) in [6.07, 6.45) is 5.27. The Labute approximate surface area is 60.1 Å². The molecule has 0 aromatic rings. The molecule has 0 aromatic heterocycles. The maximum absolute atomic E-state index is 5.40. The highest BCUT2D eigenvalue weighted by molar-refractivity contribution is 5.02. The van der Waals surface area contributed by atoms with Crippen LogP contribution in [0.5, 0.6) is 0 Å². The van der Waals surface area contributed by atoms with Crippen molar-refractivity contribution in [3.8, 4) is 0 Å². The highest BCUT2D eigenvalue weighted by atomic mass is 16.5. The second-order valence-corrected chi connectivity index (χ2v) is 2.64. The van der Waals surface area contributed by atoms with Crippen LogP contribution >= 0.6 is 0 Å². The topological polar surface area (TPSA) is 18.5 Å². The molecule has 0 aromatic carbocycles. The number of hydrogen-bond donors (Lipinski definition) is 0. The van der Waals surface area contributed by atoms with Gasteiger partial charge in [0.1, 0.15) is 6.26 Å². The van der Waals surface area contributed by atoms with Gasteiger partial charge in [0, 0.05) is 13.0 Å². The minimum Gasteiger partial charge on any atom is -0.453 e. The third-order valence-electron chi connectivity index (χ3n) is 1.86. The Morgan fingerprint density at radius 3 is 3.10 bits per heavy atom. The highest BCUT2D eigenvalue weighted by Crippen LogP contribution is 2.21. The second kappa shape index (κ2) is 2.49. The third kappa shape index (κ3) is 1.08. The lowest BCUT2D eigenvalue weighted by Gasteiger charge is -2.12. The van der Waals surface area contributed by atoms with E-state index >= 15 is 0 Å². The molecule has 0 N–H and O–H groups in total. The van der Waals surface area contributed by atoms with Gasteiger partial charge in [-0.2, -0.15) is 0 Å². The zero-order valence-corrected chi connectivity index (χ0v) is 5.80. The van der Waals surface area contributed by atoms with Crippen LogP contribution in [0, 0.1) is 0 Å². The van der Waals surface area contributed by atoms with Gasteiger partial charge in [0.15, 0.2) is 5.76 Å². The number of hydrogen-bond acceptors (Lipinski definition) is 2. The van der Waals surface area contributed by atoms with E-state index in [1.54, 1.807) is 6.26 Å². The van der Waals surface area contributed by atoms with Gasteiger partial charge in [0.2, 0.25) is 0 Å². The third-order valence-corrected chi connectivity index (χ3v) is 1.86. The summed E-state index contributed by atoms with van der Waals surface area (Å²) in [7, 11) is 0. The van der Waals surface area contributed by atoms with E-state index in [4.69, 9.17) is 9.47 Å². The maximum atomic E-state index is 5.40. The monoisotopic (exact) mass is 138 g/mol. The van der Waals surface area contributed by atoms with Gasteiger partial charge in [-0.25, -0.2) is 0 Å². The summed E-state index contributed by atoms with van der Waals surface area (Å²) in [4.78, 5) is 0. The predicted octanol–water partition coefficient (Wildman–Crippen LogP) is 1.58. The van der Waals surface area contributed by atoms with E-state index in [1.165, 1.54) is 12.8 Å². The first-order chi connectivity index (χ1) is 4.95. The molecule has 54 valence electrons. The van der Waals surface area contributed by atoms with Crippen molar-refractivity contribution in [3.63, 3.8) is 0 Å². The van der Waals surface area contributed by atoms with Crippen LogP contribution in [-0.2, 0) is 9.47 Å². The molecule has 2 heteroatoms. The molecule has 2 heterocycles. The molecule has 0 spiro atoms. The van der Waals surface area contributed by atoms with Crippen molar-refractivity contribution < 1.29 is 9.47 Å². The summed E-state index contributed by atoms with van der Waals surface area (Å²) in [6, 6.07) is 0. The molecule has 2 nitrogen and oxygen atoms in total. The molecule has 0 aliphatic carbocycles. The van der Waals surface area contributed by atoms with Gasteiger partial charge in [-0.15, -0.1) is 0 Å². The van der Waals surface area contributed by atoms with Crippen molar-refractivity contribution in [1.29, 1.82) is 0 Å². The number of rotatable bonds is 2.